The molecule has 6 rings (SSSR count). The van der Waals surface area contributed by atoms with Gasteiger partial charge in [-0.3, -0.25) is 9.59 Å². The van der Waals surface area contributed by atoms with Crippen LogP contribution in [-0.2, 0) is 29.2 Å². The molecule has 1 N–H and O–H groups in total. The first kappa shape index (κ1) is 28.1. The molecule has 3 aromatic carbocycles. The number of aromatic nitrogens is 2. The first-order chi connectivity index (χ1) is 20.9. The number of methoxy groups -OCH3 is 1. The summed E-state index contributed by atoms with van der Waals surface area (Å²) in [6.07, 6.45) is 6.57. The number of hydrogen-bond acceptors (Lipinski definition) is 7. The number of likely N-dealkylation sites (tertiary alicyclic amines) is 1. The van der Waals surface area contributed by atoms with Gasteiger partial charge in [0.05, 0.1) is 25.1 Å². The van der Waals surface area contributed by atoms with Crippen LogP contribution in [0.1, 0.15) is 41.6 Å². The maximum Gasteiger partial charge on any atom is 0.295 e. The van der Waals surface area contributed by atoms with E-state index in [0.717, 1.165) is 16.9 Å². The average molecular weight is 580 g/mol. The fourth-order valence-electron chi connectivity index (χ4n) is 5.73. The van der Waals surface area contributed by atoms with Crippen molar-refractivity contribution in [1.29, 1.82) is 0 Å². The van der Waals surface area contributed by atoms with Gasteiger partial charge < -0.3 is 28.8 Å². The summed E-state index contributed by atoms with van der Waals surface area (Å²) in [7, 11) is 1.55. The number of fused-ring (bicyclic) bond motifs is 1. The highest BCUT2D eigenvalue weighted by atomic mass is 16.5. The van der Waals surface area contributed by atoms with Crippen molar-refractivity contribution in [2.45, 2.75) is 45.1 Å². The maximum atomic E-state index is 13.6. The Bertz CT molecular complexity index is 1660. The van der Waals surface area contributed by atoms with E-state index in [0.29, 0.717) is 55.2 Å². The number of rotatable bonds is 10. The lowest BCUT2D eigenvalue weighted by Gasteiger charge is -2.26. The third-order valence-electron chi connectivity index (χ3n) is 7.82. The molecule has 2 atom stereocenters. The molecule has 0 saturated carbocycles. The molecule has 0 radical (unpaired) electrons. The van der Waals surface area contributed by atoms with Crippen LogP contribution in [0.3, 0.4) is 0 Å². The van der Waals surface area contributed by atoms with E-state index in [1.807, 2.05) is 60.2 Å². The number of ether oxygens (including phenoxy) is 3. The zero-order chi connectivity index (χ0) is 29.9. The molecule has 0 unspecified atom stereocenters. The van der Waals surface area contributed by atoms with Gasteiger partial charge in [-0.25, -0.2) is 4.98 Å². The average Bonchev–Trinajstić information content (AvgIpc) is 3.74. The molecule has 9 heteroatoms. The topological polar surface area (TPSA) is 103 Å². The van der Waals surface area contributed by atoms with Crippen molar-refractivity contribution in [3.63, 3.8) is 0 Å². The van der Waals surface area contributed by atoms with E-state index in [-0.39, 0.29) is 17.4 Å². The number of Topliss-reactive ketones (excluding diaryl/α,β-unsaturated/α-hetero) is 1. The monoisotopic (exact) mass is 579 g/mol. The van der Waals surface area contributed by atoms with Gasteiger partial charge in [-0.1, -0.05) is 36.4 Å². The zero-order valence-corrected chi connectivity index (χ0v) is 24.1. The first-order valence-corrected chi connectivity index (χ1v) is 14.3. The van der Waals surface area contributed by atoms with Crippen molar-refractivity contribution >= 4 is 17.4 Å². The van der Waals surface area contributed by atoms with Gasteiger partial charge in [0.15, 0.2) is 11.5 Å². The molecule has 2 aliphatic rings. The Morgan fingerprint density at radius 1 is 1.05 bits per heavy atom. The Morgan fingerprint density at radius 3 is 2.65 bits per heavy atom. The number of amides is 1. The Morgan fingerprint density at radius 2 is 1.88 bits per heavy atom. The highest BCUT2D eigenvalue weighted by molar-refractivity contribution is 6.46. The number of aryl methyl sites for hydroxylation is 1. The minimum Gasteiger partial charge on any atom is -0.507 e. The van der Waals surface area contributed by atoms with E-state index >= 15 is 0 Å². The van der Waals surface area contributed by atoms with Crippen molar-refractivity contribution in [3.8, 4) is 17.2 Å². The van der Waals surface area contributed by atoms with E-state index in [1.54, 1.807) is 43.9 Å². The summed E-state index contributed by atoms with van der Waals surface area (Å²) < 4.78 is 19.5. The smallest absolute Gasteiger partial charge is 0.295 e. The molecular formula is C34H33N3O6. The van der Waals surface area contributed by atoms with Crippen LogP contribution in [0.25, 0.3) is 5.76 Å². The SMILES string of the molecule is COc1cc([C@H]2/C(=C(\O)c3ccc4c(c3)C[C@@H](C)O4)C(=O)C(=O)N2CCCn2ccnc2)ccc1OCc1ccccc1. The molecule has 0 aliphatic carbocycles. The molecule has 1 amide bonds. The van der Waals surface area contributed by atoms with Gasteiger partial charge in [0.1, 0.15) is 24.2 Å². The van der Waals surface area contributed by atoms with Crippen LogP contribution in [0.2, 0.25) is 0 Å². The third kappa shape index (κ3) is 5.70. The number of aliphatic hydroxyl groups is 1. The fraction of sp³-hybridized carbons (Fsp3) is 0.265. The number of hydrogen-bond donors (Lipinski definition) is 1. The number of aliphatic hydroxyl groups excluding tert-OH is 1. The normalized spacial score (nSPS) is 18.9. The summed E-state index contributed by atoms with van der Waals surface area (Å²) in [6.45, 7) is 3.25. The van der Waals surface area contributed by atoms with E-state index in [1.165, 1.54) is 4.90 Å². The standard InChI is InChI=1S/C34H33N3O6/c1-22-17-26-18-25(10-11-27(26)43-22)32(38)30-31(37(34(40)33(30)39)15-6-14-36-16-13-35-21-36)24-9-12-28(29(19-24)41-2)42-20-23-7-4-3-5-8-23/h3-5,7-13,16,18-19,21-22,31,38H,6,14-15,17,20H2,1-2H3/b32-30+/t22-,31+/m1/s1. The number of carbonyl (C=O) groups is 2. The number of imidazole rings is 1. The highest BCUT2D eigenvalue weighted by Crippen LogP contribution is 2.43. The lowest BCUT2D eigenvalue weighted by Crippen LogP contribution is -2.31. The van der Waals surface area contributed by atoms with Crippen LogP contribution in [0.5, 0.6) is 17.2 Å². The summed E-state index contributed by atoms with van der Waals surface area (Å²) in [5.41, 5.74) is 3.09. The lowest BCUT2D eigenvalue weighted by molar-refractivity contribution is -0.139. The molecule has 0 spiro atoms. The van der Waals surface area contributed by atoms with Crippen LogP contribution in [0.4, 0.5) is 0 Å². The minimum atomic E-state index is -0.816. The van der Waals surface area contributed by atoms with Crippen molar-refractivity contribution in [2.75, 3.05) is 13.7 Å². The number of benzene rings is 3. The van der Waals surface area contributed by atoms with Crippen molar-refractivity contribution in [3.05, 3.63) is 113 Å². The second-order valence-electron chi connectivity index (χ2n) is 10.8. The predicted octanol–water partition coefficient (Wildman–Crippen LogP) is 5.31. The summed E-state index contributed by atoms with van der Waals surface area (Å²) in [5, 5.41) is 11.6. The van der Waals surface area contributed by atoms with E-state index in [9.17, 15) is 14.7 Å². The van der Waals surface area contributed by atoms with Crippen LogP contribution in [0, 0.1) is 0 Å². The number of nitrogens with zero attached hydrogens (tertiary/aromatic N) is 3. The number of carbonyl (C=O) groups excluding carboxylic acids is 2. The number of ketones is 1. The van der Waals surface area contributed by atoms with E-state index < -0.39 is 17.7 Å². The van der Waals surface area contributed by atoms with Gasteiger partial charge in [0.2, 0.25) is 0 Å². The Labute approximate surface area is 250 Å². The van der Waals surface area contributed by atoms with Gasteiger partial charge in [0.25, 0.3) is 11.7 Å². The maximum absolute atomic E-state index is 13.6. The van der Waals surface area contributed by atoms with Crippen LogP contribution in [-0.4, -0.2) is 51.0 Å². The van der Waals surface area contributed by atoms with Gasteiger partial charge in [0, 0.05) is 37.5 Å². The highest BCUT2D eigenvalue weighted by Gasteiger charge is 2.46. The van der Waals surface area contributed by atoms with Crippen LogP contribution < -0.4 is 14.2 Å². The van der Waals surface area contributed by atoms with Gasteiger partial charge in [-0.2, -0.15) is 0 Å². The Kier molecular flexibility index (Phi) is 7.87. The molecule has 220 valence electrons. The molecule has 1 fully saturated rings. The van der Waals surface area contributed by atoms with Gasteiger partial charge in [-0.15, -0.1) is 0 Å². The first-order valence-electron chi connectivity index (χ1n) is 14.3. The second-order valence-corrected chi connectivity index (χ2v) is 10.8. The summed E-state index contributed by atoms with van der Waals surface area (Å²) >= 11 is 0. The summed E-state index contributed by atoms with van der Waals surface area (Å²) in [4.78, 5) is 32.6. The predicted molar refractivity (Wildman–Crippen MR) is 160 cm³/mol. The van der Waals surface area contributed by atoms with E-state index in [4.69, 9.17) is 14.2 Å². The third-order valence-corrected chi connectivity index (χ3v) is 7.82. The molecule has 43 heavy (non-hydrogen) atoms. The van der Waals surface area contributed by atoms with Crippen LogP contribution >= 0.6 is 0 Å². The molecule has 1 saturated heterocycles. The van der Waals surface area contributed by atoms with Crippen molar-refractivity contribution in [2.24, 2.45) is 0 Å². The molecular weight excluding hydrogens is 546 g/mol. The second kappa shape index (κ2) is 12.1. The molecule has 9 nitrogen and oxygen atoms in total. The molecule has 2 aliphatic heterocycles. The van der Waals surface area contributed by atoms with Crippen molar-refractivity contribution in [1.82, 2.24) is 14.5 Å². The van der Waals surface area contributed by atoms with Crippen LogP contribution in [0.15, 0.2) is 91.0 Å². The minimum absolute atomic E-state index is 0.0311. The molecule has 0 bridgehead atoms. The van der Waals surface area contributed by atoms with E-state index in [2.05, 4.69) is 4.98 Å². The quantitative estimate of drug-likeness (QED) is 0.154. The fourth-order valence-corrected chi connectivity index (χ4v) is 5.73. The summed E-state index contributed by atoms with van der Waals surface area (Å²) in [6, 6.07) is 19.7. The summed E-state index contributed by atoms with van der Waals surface area (Å²) in [5.74, 6) is 0.154. The Balaban J connectivity index is 1.36. The Hall–Kier alpha value is -5.05. The largest absolute Gasteiger partial charge is 0.507 e. The van der Waals surface area contributed by atoms with Gasteiger partial charge >= 0.3 is 0 Å². The van der Waals surface area contributed by atoms with Gasteiger partial charge in [-0.05, 0) is 60.4 Å². The molecule has 3 heterocycles. The zero-order valence-electron chi connectivity index (χ0n) is 24.1. The van der Waals surface area contributed by atoms with Crippen molar-refractivity contribution < 1.29 is 28.9 Å². The lowest BCUT2D eigenvalue weighted by atomic mass is 9.94. The molecule has 4 aromatic rings. The molecule has 1 aromatic heterocycles.